The molecule has 1 aromatic carbocycles. The van der Waals surface area contributed by atoms with Crippen molar-refractivity contribution in [2.75, 3.05) is 6.54 Å². The monoisotopic (exact) mass is 374 g/mol. The van der Waals surface area contributed by atoms with Crippen LogP contribution in [-0.2, 0) is 11.3 Å². The maximum Gasteiger partial charge on any atom is 0.410 e. The molecule has 2 N–H and O–H groups in total. The third kappa shape index (κ3) is 4.11. The van der Waals surface area contributed by atoms with Crippen LogP contribution in [0.5, 0.6) is 0 Å². The summed E-state index contributed by atoms with van der Waals surface area (Å²) in [5.74, 6) is 0. The molecule has 116 valence electrons. The molecule has 1 aliphatic rings. The molecule has 2 rings (SSSR count). The van der Waals surface area contributed by atoms with Crippen LogP contribution in [0.2, 0.25) is 5.02 Å². The number of ether oxygens (including phenoxy) is 1. The first-order chi connectivity index (χ1) is 9.67. The summed E-state index contributed by atoms with van der Waals surface area (Å²) in [4.78, 5) is 14.0. The predicted molar refractivity (Wildman–Crippen MR) is 87.3 cm³/mol. The van der Waals surface area contributed by atoms with Crippen LogP contribution in [0.4, 0.5) is 4.79 Å². The predicted octanol–water partition coefficient (Wildman–Crippen LogP) is 4.24. The molecule has 1 aliphatic heterocycles. The lowest BCUT2D eigenvalue weighted by Gasteiger charge is -2.26. The first-order valence-electron chi connectivity index (χ1n) is 6.88. The molecule has 0 unspecified atom stereocenters. The highest BCUT2D eigenvalue weighted by atomic mass is 79.9. The fourth-order valence-electron chi connectivity index (χ4n) is 2.32. The Hall–Kier alpha value is -0.780. The Morgan fingerprint density at radius 2 is 2.14 bits per heavy atom. The largest absolute Gasteiger partial charge is 0.444 e. The van der Waals surface area contributed by atoms with Crippen LogP contribution in [0.15, 0.2) is 16.6 Å². The number of nitrogens with zero attached hydrogens (tertiary/aromatic N) is 1. The van der Waals surface area contributed by atoms with Crippen molar-refractivity contribution < 1.29 is 9.53 Å². The van der Waals surface area contributed by atoms with Crippen molar-refractivity contribution in [2.24, 2.45) is 5.73 Å². The minimum Gasteiger partial charge on any atom is -0.444 e. The molecule has 0 saturated carbocycles. The summed E-state index contributed by atoms with van der Waals surface area (Å²) in [7, 11) is 0. The fraction of sp³-hybridized carbons (Fsp3) is 0.533. The number of rotatable bonds is 0. The maximum absolute atomic E-state index is 12.3. The molecule has 0 spiro atoms. The molecular formula is C15H20BrClN2O2. The summed E-state index contributed by atoms with van der Waals surface area (Å²) in [6.07, 6.45) is 0.364. The smallest absolute Gasteiger partial charge is 0.410 e. The number of hydrogen-bond donors (Lipinski definition) is 1. The van der Waals surface area contributed by atoms with Gasteiger partial charge in [0, 0.05) is 22.1 Å². The number of carbonyl (C=O) groups excluding carboxylic acids is 1. The quantitative estimate of drug-likeness (QED) is 0.738. The van der Waals surface area contributed by atoms with Crippen LogP contribution >= 0.6 is 27.5 Å². The second kappa shape index (κ2) is 6.15. The standard InChI is InChI=1S/C15H20BrClN2O2/c1-15(2,3)21-14(20)19-5-4-13(18)10-6-9(17)7-12(16)11(10)8-19/h6-7,13H,4-5,8,18H2,1-3H3/t13-/m1/s1. The summed E-state index contributed by atoms with van der Waals surface area (Å²) in [6.45, 7) is 6.61. The van der Waals surface area contributed by atoms with Gasteiger partial charge in [-0.15, -0.1) is 0 Å². The molecule has 0 aliphatic carbocycles. The van der Waals surface area contributed by atoms with Gasteiger partial charge in [-0.25, -0.2) is 4.79 Å². The number of carbonyl (C=O) groups is 1. The first kappa shape index (κ1) is 16.6. The second-order valence-electron chi connectivity index (χ2n) is 6.25. The third-order valence-electron chi connectivity index (χ3n) is 3.30. The lowest BCUT2D eigenvalue weighted by atomic mass is 10.0. The molecule has 0 bridgehead atoms. The Balaban J connectivity index is 2.29. The van der Waals surface area contributed by atoms with Crippen molar-refractivity contribution in [2.45, 2.75) is 45.4 Å². The zero-order valence-corrected chi connectivity index (χ0v) is 14.8. The van der Waals surface area contributed by atoms with Crippen LogP contribution in [0.1, 0.15) is 44.4 Å². The van der Waals surface area contributed by atoms with E-state index in [9.17, 15) is 4.79 Å². The fourth-order valence-corrected chi connectivity index (χ4v) is 3.28. The third-order valence-corrected chi connectivity index (χ3v) is 4.23. The average Bonchev–Trinajstić information content (AvgIpc) is 2.48. The highest BCUT2D eigenvalue weighted by Gasteiger charge is 2.28. The molecule has 21 heavy (non-hydrogen) atoms. The highest BCUT2D eigenvalue weighted by molar-refractivity contribution is 9.10. The van der Waals surface area contributed by atoms with Crippen LogP contribution in [0.25, 0.3) is 0 Å². The van der Waals surface area contributed by atoms with Gasteiger partial charge in [0.15, 0.2) is 0 Å². The normalized spacial score (nSPS) is 19.0. The van der Waals surface area contributed by atoms with Gasteiger partial charge in [0.1, 0.15) is 5.60 Å². The van der Waals surface area contributed by atoms with Crippen LogP contribution in [0.3, 0.4) is 0 Å². The molecule has 1 atom stereocenters. The van der Waals surface area contributed by atoms with Crippen molar-refractivity contribution in [1.82, 2.24) is 4.90 Å². The molecule has 1 aromatic rings. The van der Waals surface area contributed by atoms with Crippen molar-refractivity contribution in [3.05, 3.63) is 32.8 Å². The Morgan fingerprint density at radius 3 is 2.76 bits per heavy atom. The number of amides is 1. The molecule has 0 fully saturated rings. The van der Waals surface area contributed by atoms with Gasteiger partial charge in [0.2, 0.25) is 0 Å². The van der Waals surface area contributed by atoms with E-state index in [1.54, 1.807) is 4.90 Å². The van der Waals surface area contributed by atoms with E-state index in [0.717, 1.165) is 15.6 Å². The number of nitrogens with two attached hydrogens (primary N) is 1. The zero-order valence-electron chi connectivity index (χ0n) is 12.5. The Kier molecular flexibility index (Phi) is 4.85. The van der Waals surface area contributed by atoms with Crippen molar-refractivity contribution in [3.8, 4) is 0 Å². The lowest BCUT2D eigenvalue weighted by molar-refractivity contribution is 0.0234. The topological polar surface area (TPSA) is 55.6 Å². The van der Waals surface area contributed by atoms with Gasteiger partial charge in [0.05, 0.1) is 6.54 Å². The van der Waals surface area contributed by atoms with E-state index in [1.165, 1.54) is 0 Å². The van der Waals surface area contributed by atoms with Gasteiger partial charge in [-0.3, -0.25) is 0 Å². The van der Waals surface area contributed by atoms with E-state index >= 15 is 0 Å². The Morgan fingerprint density at radius 1 is 1.48 bits per heavy atom. The van der Waals surface area contributed by atoms with E-state index in [2.05, 4.69) is 15.9 Å². The van der Waals surface area contributed by atoms with E-state index in [1.807, 2.05) is 32.9 Å². The van der Waals surface area contributed by atoms with Crippen molar-refractivity contribution >= 4 is 33.6 Å². The molecule has 0 aromatic heterocycles. The van der Waals surface area contributed by atoms with Crippen molar-refractivity contribution in [1.29, 1.82) is 0 Å². The van der Waals surface area contributed by atoms with Gasteiger partial charge in [0.25, 0.3) is 0 Å². The van der Waals surface area contributed by atoms with Gasteiger partial charge < -0.3 is 15.4 Å². The minimum atomic E-state index is -0.508. The van der Waals surface area contributed by atoms with E-state index in [-0.39, 0.29) is 12.1 Å². The zero-order chi connectivity index (χ0) is 15.8. The molecule has 0 radical (unpaired) electrons. The number of benzene rings is 1. The van der Waals surface area contributed by atoms with E-state index < -0.39 is 5.60 Å². The molecule has 6 heteroatoms. The van der Waals surface area contributed by atoms with Crippen LogP contribution in [0, 0.1) is 0 Å². The van der Waals surface area contributed by atoms with Gasteiger partial charge in [-0.05, 0) is 50.5 Å². The lowest BCUT2D eigenvalue weighted by Crippen LogP contribution is -2.36. The van der Waals surface area contributed by atoms with Gasteiger partial charge in [-0.1, -0.05) is 27.5 Å². The average molecular weight is 376 g/mol. The van der Waals surface area contributed by atoms with Crippen molar-refractivity contribution in [3.63, 3.8) is 0 Å². The highest BCUT2D eigenvalue weighted by Crippen LogP contribution is 2.33. The molecular weight excluding hydrogens is 356 g/mol. The number of halogens is 2. The second-order valence-corrected chi connectivity index (χ2v) is 7.54. The van der Waals surface area contributed by atoms with E-state index in [0.29, 0.717) is 24.5 Å². The van der Waals surface area contributed by atoms with Gasteiger partial charge in [-0.2, -0.15) is 0 Å². The molecule has 1 heterocycles. The number of fused-ring (bicyclic) bond motifs is 1. The SMILES string of the molecule is CC(C)(C)OC(=O)N1CC[C@@H](N)c2cc(Cl)cc(Br)c2C1. The summed E-state index contributed by atoms with van der Waals surface area (Å²) in [5, 5.41) is 0.641. The molecule has 0 saturated heterocycles. The summed E-state index contributed by atoms with van der Waals surface area (Å²) < 4.78 is 6.32. The van der Waals surface area contributed by atoms with Gasteiger partial charge >= 0.3 is 6.09 Å². The van der Waals surface area contributed by atoms with Crippen LogP contribution in [-0.4, -0.2) is 23.1 Å². The summed E-state index contributed by atoms with van der Waals surface area (Å²) in [6, 6.07) is 3.57. The molecule has 1 amide bonds. The summed E-state index contributed by atoms with van der Waals surface area (Å²) >= 11 is 9.61. The first-order valence-corrected chi connectivity index (χ1v) is 8.06. The Bertz CT molecular complexity index is 557. The number of hydrogen-bond acceptors (Lipinski definition) is 3. The Labute approximate surface area is 138 Å². The minimum absolute atomic E-state index is 0.137. The molecule has 4 nitrogen and oxygen atoms in total. The summed E-state index contributed by atoms with van der Waals surface area (Å²) in [5.41, 5.74) is 7.69. The van der Waals surface area contributed by atoms with E-state index in [4.69, 9.17) is 22.1 Å². The van der Waals surface area contributed by atoms with Crippen LogP contribution < -0.4 is 5.73 Å². The maximum atomic E-state index is 12.3.